The van der Waals surface area contributed by atoms with Crippen molar-refractivity contribution in [3.05, 3.63) is 29.2 Å². The second-order valence-electron chi connectivity index (χ2n) is 8.00. The fourth-order valence-electron chi connectivity index (χ4n) is 3.80. The van der Waals surface area contributed by atoms with Crippen LogP contribution in [0.3, 0.4) is 0 Å². The Bertz CT molecular complexity index is 778. The molecule has 1 aromatic heterocycles. The molecular formula is C20H31N3O3S2. The molecule has 1 N–H and O–H groups in total. The lowest BCUT2D eigenvalue weighted by atomic mass is 9.97. The number of sulfonamides is 1. The van der Waals surface area contributed by atoms with Gasteiger partial charge in [-0.05, 0) is 51.0 Å². The van der Waals surface area contributed by atoms with Gasteiger partial charge in [0.05, 0.1) is 5.92 Å². The molecule has 6 nitrogen and oxygen atoms in total. The van der Waals surface area contributed by atoms with E-state index in [0.717, 1.165) is 45.3 Å². The van der Waals surface area contributed by atoms with Crippen molar-refractivity contribution in [2.45, 2.75) is 49.8 Å². The quantitative estimate of drug-likeness (QED) is 0.712. The number of hydrogen-bond donors (Lipinski definition) is 1. The van der Waals surface area contributed by atoms with Crippen molar-refractivity contribution in [1.29, 1.82) is 0 Å². The summed E-state index contributed by atoms with van der Waals surface area (Å²) >= 11 is 1.23. The Labute approximate surface area is 172 Å². The number of carbonyl (C=O) groups is 1. The first kappa shape index (κ1) is 21.5. The molecule has 0 bridgehead atoms. The Morgan fingerprint density at radius 1 is 1.25 bits per heavy atom. The molecule has 3 rings (SSSR count). The summed E-state index contributed by atoms with van der Waals surface area (Å²) in [6.45, 7) is 7.94. The number of amides is 1. The molecule has 156 valence electrons. The van der Waals surface area contributed by atoms with Crippen LogP contribution in [-0.4, -0.2) is 62.3 Å². The summed E-state index contributed by atoms with van der Waals surface area (Å²) in [5.74, 6) is -0.249. The van der Waals surface area contributed by atoms with Crippen LogP contribution in [0.4, 0.5) is 0 Å². The predicted octanol–water partition coefficient (Wildman–Crippen LogP) is 2.70. The van der Waals surface area contributed by atoms with Crippen LogP contribution in [0.25, 0.3) is 0 Å². The third-order valence-electron chi connectivity index (χ3n) is 5.54. The third-order valence-corrected chi connectivity index (χ3v) is 8.77. The predicted molar refractivity (Wildman–Crippen MR) is 113 cm³/mol. The molecule has 1 amide bonds. The van der Waals surface area contributed by atoms with Crippen LogP contribution < -0.4 is 5.32 Å². The molecular weight excluding hydrogens is 394 g/mol. The molecule has 2 aliphatic heterocycles. The Hall–Kier alpha value is -1.22. The van der Waals surface area contributed by atoms with Gasteiger partial charge in [0.2, 0.25) is 5.91 Å². The van der Waals surface area contributed by atoms with Crippen LogP contribution in [0.15, 0.2) is 33.4 Å². The van der Waals surface area contributed by atoms with Gasteiger partial charge in [0.15, 0.2) is 0 Å². The largest absolute Gasteiger partial charge is 0.353 e. The van der Waals surface area contributed by atoms with E-state index < -0.39 is 10.0 Å². The molecule has 8 heteroatoms. The average Bonchev–Trinajstić information content (AvgIpc) is 3.23. The monoisotopic (exact) mass is 425 g/mol. The normalized spacial score (nSPS) is 22.7. The standard InChI is InChI=1S/C20H31N3O3S2/c1-16(2)7-11-22-12-8-18(9-13-22)21-20(24)17-5-3-10-23(15-17)28(25,26)19-6-4-14-27-19/h4,6-7,14,17-18H,3,5,8-13,15H2,1-2H3,(H,21,24). The zero-order chi connectivity index (χ0) is 20.1. The van der Waals surface area contributed by atoms with Crippen molar-refractivity contribution in [2.24, 2.45) is 5.92 Å². The number of likely N-dealkylation sites (tertiary alicyclic amines) is 1. The topological polar surface area (TPSA) is 69.7 Å². The number of nitrogens with one attached hydrogen (secondary N) is 1. The summed E-state index contributed by atoms with van der Waals surface area (Å²) in [6.07, 6.45) is 5.62. The van der Waals surface area contributed by atoms with Crippen LogP contribution >= 0.6 is 11.3 Å². The maximum atomic E-state index is 12.8. The van der Waals surface area contributed by atoms with Gasteiger partial charge in [-0.25, -0.2) is 8.42 Å². The van der Waals surface area contributed by atoms with Crippen molar-refractivity contribution in [3.8, 4) is 0 Å². The van der Waals surface area contributed by atoms with Gasteiger partial charge in [-0.15, -0.1) is 11.3 Å². The van der Waals surface area contributed by atoms with Crippen LogP contribution in [0.5, 0.6) is 0 Å². The number of nitrogens with zero attached hydrogens (tertiary/aromatic N) is 2. The van der Waals surface area contributed by atoms with E-state index in [2.05, 4.69) is 30.1 Å². The molecule has 0 aromatic carbocycles. The first-order chi connectivity index (χ1) is 13.4. The Morgan fingerprint density at radius 2 is 2.00 bits per heavy atom. The SMILES string of the molecule is CC(C)=CCN1CCC(NC(=O)C2CCCN(S(=O)(=O)c3cccs3)C2)CC1. The molecule has 2 aliphatic rings. The maximum Gasteiger partial charge on any atom is 0.252 e. The highest BCUT2D eigenvalue weighted by molar-refractivity contribution is 7.91. The van der Waals surface area contributed by atoms with Crippen LogP contribution in [0, 0.1) is 5.92 Å². The lowest BCUT2D eigenvalue weighted by Crippen LogP contribution is -2.50. The Morgan fingerprint density at radius 3 is 2.64 bits per heavy atom. The van der Waals surface area contributed by atoms with Gasteiger partial charge in [0, 0.05) is 38.8 Å². The number of rotatable bonds is 6. The summed E-state index contributed by atoms with van der Waals surface area (Å²) in [6, 6.07) is 3.57. The lowest BCUT2D eigenvalue weighted by molar-refractivity contribution is -0.127. The molecule has 1 unspecified atom stereocenters. The molecule has 3 heterocycles. The van der Waals surface area contributed by atoms with E-state index in [1.54, 1.807) is 17.5 Å². The van der Waals surface area contributed by atoms with Gasteiger partial charge >= 0.3 is 0 Å². The second-order valence-corrected chi connectivity index (χ2v) is 11.1. The number of carbonyl (C=O) groups excluding carboxylic acids is 1. The van der Waals surface area contributed by atoms with Gasteiger partial charge in [-0.1, -0.05) is 17.7 Å². The number of hydrogen-bond acceptors (Lipinski definition) is 5. The van der Waals surface area contributed by atoms with E-state index in [1.807, 2.05) is 0 Å². The number of allylic oxidation sites excluding steroid dienone is 1. The zero-order valence-corrected chi connectivity index (χ0v) is 18.4. The van der Waals surface area contributed by atoms with E-state index in [-0.39, 0.29) is 24.4 Å². The highest BCUT2D eigenvalue weighted by atomic mass is 32.2. The lowest BCUT2D eigenvalue weighted by Gasteiger charge is -2.34. The van der Waals surface area contributed by atoms with Gasteiger partial charge < -0.3 is 5.32 Å². The second kappa shape index (κ2) is 9.52. The fourth-order valence-corrected chi connectivity index (χ4v) is 6.47. The van der Waals surface area contributed by atoms with Gasteiger partial charge in [-0.3, -0.25) is 9.69 Å². The minimum absolute atomic E-state index is 0.00817. The van der Waals surface area contributed by atoms with Gasteiger partial charge in [-0.2, -0.15) is 4.31 Å². The Balaban J connectivity index is 1.50. The molecule has 0 saturated carbocycles. The summed E-state index contributed by atoms with van der Waals surface area (Å²) in [4.78, 5) is 15.2. The Kier molecular flexibility index (Phi) is 7.31. The molecule has 28 heavy (non-hydrogen) atoms. The van der Waals surface area contributed by atoms with Crippen LogP contribution in [-0.2, 0) is 14.8 Å². The van der Waals surface area contributed by atoms with E-state index in [9.17, 15) is 13.2 Å². The molecule has 0 aliphatic carbocycles. The van der Waals surface area contributed by atoms with E-state index in [0.29, 0.717) is 10.8 Å². The van der Waals surface area contributed by atoms with Crippen LogP contribution in [0.2, 0.25) is 0 Å². The summed E-state index contributed by atoms with van der Waals surface area (Å²) in [5.41, 5.74) is 1.33. The van der Waals surface area contributed by atoms with Crippen molar-refractivity contribution in [1.82, 2.24) is 14.5 Å². The molecule has 2 fully saturated rings. The minimum atomic E-state index is -3.48. The van der Waals surface area contributed by atoms with Crippen LogP contribution in [0.1, 0.15) is 39.5 Å². The minimum Gasteiger partial charge on any atom is -0.353 e. The summed E-state index contributed by atoms with van der Waals surface area (Å²) in [5, 5.41) is 4.95. The summed E-state index contributed by atoms with van der Waals surface area (Å²) < 4.78 is 27.3. The highest BCUT2D eigenvalue weighted by Gasteiger charge is 2.34. The fraction of sp³-hybridized carbons (Fsp3) is 0.650. The maximum absolute atomic E-state index is 12.8. The highest BCUT2D eigenvalue weighted by Crippen LogP contribution is 2.26. The van der Waals surface area contributed by atoms with E-state index in [1.165, 1.54) is 21.2 Å². The molecule has 2 saturated heterocycles. The third kappa shape index (κ3) is 5.43. The van der Waals surface area contributed by atoms with Crippen molar-refractivity contribution in [3.63, 3.8) is 0 Å². The van der Waals surface area contributed by atoms with Gasteiger partial charge in [0.1, 0.15) is 4.21 Å². The van der Waals surface area contributed by atoms with Crippen molar-refractivity contribution >= 4 is 27.3 Å². The van der Waals surface area contributed by atoms with E-state index >= 15 is 0 Å². The first-order valence-electron chi connectivity index (χ1n) is 10.1. The smallest absolute Gasteiger partial charge is 0.252 e. The molecule has 0 spiro atoms. The summed E-state index contributed by atoms with van der Waals surface area (Å²) in [7, 11) is -3.48. The molecule has 1 atom stereocenters. The number of thiophene rings is 1. The van der Waals surface area contributed by atoms with Gasteiger partial charge in [0.25, 0.3) is 10.0 Å². The first-order valence-corrected chi connectivity index (χ1v) is 12.4. The molecule has 1 aromatic rings. The molecule has 0 radical (unpaired) electrons. The number of piperidine rings is 2. The zero-order valence-electron chi connectivity index (χ0n) is 16.8. The van der Waals surface area contributed by atoms with E-state index in [4.69, 9.17) is 0 Å². The van der Waals surface area contributed by atoms with Crippen molar-refractivity contribution in [2.75, 3.05) is 32.7 Å². The average molecular weight is 426 g/mol. The van der Waals surface area contributed by atoms with Crippen molar-refractivity contribution < 1.29 is 13.2 Å².